The van der Waals surface area contributed by atoms with Gasteiger partial charge in [-0.05, 0) is 58.7 Å². The first-order valence-corrected chi connectivity index (χ1v) is 7.81. The minimum atomic E-state index is 0.571. The standard InChI is InChI=1S/C13H26BrNO/c1-15(10-4-2-3-9-14)11-5-7-13-8-6-12-16-13/h13H,2-12H2,1H3. The third-order valence-electron chi connectivity index (χ3n) is 3.26. The van der Waals surface area contributed by atoms with Crippen LogP contribution in [0.5, 0.6) is 0 Å². The average Bonchev–Trinajstić information content (AvgIpc) is 2.77. The van der Waals surface area contributed by atoms with Crippen molar-refractivity contribution < 1.29 is 4.74 Å². The number of alkyl halides is 1. The number of ether oxygens (including phenoxy) is 1. The lowest BCUT2D eigenvalue weighted by Crippen LogP contribution is -2.22. The molecule has 0 aromatic heterocycles. The second kappa shape index (κ2) is 9.43. The maximum Gasteiger partial charge on any atom is 0.0576 e. The summed E-state index contributed by atoms with van der Waals surface area (Å²) in [5.41, 5.74) is 0. The Morgan fingerprint density at radius 2 is 2.00 bits per heavy atom. The van der Waals surface area contributed by atoms with Gasteiger partial charge >= 0.3 is 0 Å². The Bertz CT molecular complexity index is 160. The first kappa shape index (κ1) is 14.5. The highest BCUT2D eigenvalue weighted by molar-refractivity contribution is 9.09. The van der Waals surface area contributed by atoms with Gasteiger partial charge in [0, 0.05) is 11.9 Å². The van der Waals surface area contributed by atoms with Crippen LogP contribution in [0.4, 0.5) is 0 Å². The fourth-order valence-corrected chi connectivity index (χ4v) is 2.62. The molecule has 1 rings (SSSR count). The Labute approximate surface area is 109 Å². The molecule has 16 heavy (non-hydrogen) atoms. The van der Waals surface area contributed by atoms with Gasteiger partial charge in [-0.1, -0.05) is 22.4 Å². The minimum Gasteiger partial charge on any atom is -0.378 e. The lowest BCUT2D eigenvalue weighted by molar-refractivity contribution is 0.0997. The molecule has 2 nitrogen and oxygen atoms in total. The van der Waals surface area contributed by atoms with Gasteiger partial charge < -0.3 is 9.64 Å². The highest BCUT2D eigenvalue weighted by Gasteiger charge is 2.14. The number of unbranched alkanes of at least 4 members (excludes halogenated alkanes) is 2. The van der Waals surface area contributed by atoms with E-state index in [1.165, 1.54) is 58.0 Å². The van der Waals surface area contributed by atoms with Crippen molar-refractivity contribution in [3.8, 4) is 0 Å². The molecule has 1 heterocycles. The molecule has 1 unspecified atom stereocenters. The smallest absolute Gasteiger partial charge is 0.0576 e. The molecule has 0 spiro atoms. The molecule has 1 saturated heterocycles. The zero-order valence-electron chi connectivity index (χ0n) is 10.6. The Morgan fingerprint density at radius 1 is 1.19 bits per heavy atom. The largest absolute Gasteiger partial charge is 0.378 e. The van der Waals surface area contributed by atoms with E-state index in [1.807, 2.05) is 0 Å². The topological polar surface area (TPSA) is 12.5 Å². The molecule has 0 radical (unpaired) electrons. The van der Waals surface area contributed by atoms with E-state index in [4.69, 9.17) is 4.74 Å². The average molecular weight is 292 g/mol. The van der Waals surface area contributed by atoms with Crippen molar-refractivity contribution in [3.05, 3.63) is 0 Å². The lowest BCUT2D eigenvalue weighted by Gasteiger charge is -2.17. The summed E-state index contributed by atoms with van der Waals surface area (Å²) < 4.78 is 5.62. The second-order valence-electron chi connectivity index (χ2n) is 4.83. The maximum atomic E-state index is 5.62. The third kappa shape index (κ3) is 6.87. The third-order valence-corrected chi connectivity index (χ3v) is 3.82. The van der Waals surface area contributed by atoms with Crippen LogP contribution in [0.25, 0.3) is 0 Å². The van der Waals surface area contributed by atoms with Crippen LogP contribution in [0, 0.1) is 0 Å². The Balaban J connectivity index is 1.87. The van der Waals surface area contributed by atoms with Gasteiger partial charge in [-0.3, -0.25) is 0 Å². The number of rotatable bonds is 9. The number of hydrogen-bond donors (Lipinski definition) is 0. The van der Waals surface area contributed by atoms with E-state index >= 15 is 0 Å². The van der Waals surface area contributed by atoms with E-state index in [1.54, 1.807) is 0 Å². The van der Waals surface area contributed by atoms with E-state index in [2.05, 4.69) is 27.9 Å². The molecule has 96 valence electrons. The highest BCUT2D eigenvalue weighted by atomic mass is 79.9. The molecule has 0 aromatic carbocycles. The summed E-state index contributed by atoms with van der Waals surface area (Å²) in [5.74, 6) is 0. The summed E-state index contributed by atoms with van der Waals surface area (Å²) in [4.78, 5) is 2.46. The SMILES string of the molecule is CN(CCCCCBr)CCCC1CCCO1. The first-order chi connectivity index (χ1) is 7.83. The molecule has 0 bridgehead atoms. The number of nitrogens with zero attached hydrogens (tertiary/aromatic N) is 1. The van der Waals surface area contributed by atoms with E-state index in [9.17, 15) is 0 Å². The van der Waals surface area contributed by atoms with Crippen molar-refractivity contribution >= 4 is 15.9 Å². The van der Waals surface area contributed by atoms with Crippen molar-refractivity contribution in [1.29, 1.82) is 0 Å². The number of halogens is 1. The summed E-state index contributed by atoms with van der Waals surface area (Å²) in [6.07, 6.45) is 9.67. The van der Waals surface area contributed by atoms with Gasteiger partial charge in [-0.15, -0.1) is 0 Å². The van der Waals surface area contributed by atoms with Gasteiger partial charge in [0.1, 0.15) is 0 Å². The summed E-state index contributed by atoms with van der Waals surface area (Å²) in [7, 11) is 2.24. The van der Waals surface area contributed by atoms with Gasteiger partial charge in [-0.2, -0.15) is 0 Å². The predicted octanol–water partition coefficient (Wildman–Crippen LogP) is 3.44. The van der Waals surface area contributed by atoms with Crippen molar-refractivity contribution in [3.63, 3.8) is 0 Å². The van der Waals surface area contributed by atoms with Crippen LogP contribution in [0.15, 0.2) is 0 Å². The van der Waals surface area contributed by atoms with Crippen LogP contribution in [0.1, 0.15) is 44.9 Å². The van der Waals surface area contributed by atoms with E-state index in [-0.39, 0.29) is 0 Å². The van der Waals surface area contributed by atoms with Crippen molar-refractivity contribution in [2.45, 2.75) is 51.0 Å². The molecule has 0 N–H and O–H groups in total. The van der Waals surface area contributed by atoms with Crippen molar-refractivity contribution in [2.24, 2.45) is 0 Å². The zero-order valence-corrected chi connectivity index (χ0v) is 12.2. The van der Waals surface area contributed by atoms with Crippen LogP contribution in [-0.4, -0.2) is 43.1 Å². The van der Waals surface area contributed by atoms with Crippen LogP contribution in [0.2, 0.25) is 0 Å². The van der Waals surface area contributed by atoms with Crippen LogP contribution in [0.3, 0.4) is 0 Å². The highest BCUT2D eigenvalue weighted by Crippen LogP contribution is 2.16. The number of hydrogen-bond acceptors (Lipinski definition) is 2. The molecule has 1 aliphatic heterocycles. The fourth-order valence-electron chi connectivity index (χ4n) is 2.23. The predicted molar refractivity (Wildman–Crippen MR) is 73.4 cm³/mol. The Hall–Kier alpha value is 0.400. The molecule has 1 fully saturated rings. The quantitative estimate of drug-likeness (QED) is 0.477. The molecule has 1 aliphatic rings. The van der Waals surface area contributed by atoms with E-state index < -0.39 is 0 Å². The minimum absolute atomic E-state index is 0.571. The lowest BCUT2D eigenvalue weighted by atomic mass is 10.1. The fraction of sp³-hybridized carbons (Fsp3) is 1.00. The molecule has 0 aliphatic carbocycles. The monoisotopic (exact) mass is 291 g/mol. The Morgan fingerprint density at radius 3 is 2.69 bits per heavy atom. The summed E-state index contributed by atoms with van der Waals surface area (Å²) >= 11 is 3.47. The van der Waals surface area contributed by atoms with Crippen LogP contribution >= 0.6 is 15.9 Å². The normalized spacial score (nSPS) is 20.8. The van der Waals surface area contributed by atoms with Gasteiger partial charge in [0.15, 0.2) is 0 Å². The van der Waals surface area contributed by atoms with Gasteiger partial charge in [0.2, 0.25) is 0 Å². The van der Waals surface area contributed by atoms with Crippen molar-refractivity contribution in [2.75, 3.05) is 32.1 Å². The maximum absolute atomic E-state index is 5.62. The summed E-state index contributed by atoms with van der Waals surface area (Å²) in [6, 6.07) is 0. The van der Waals surface area contributed by atoms with E-state index in [0.29, 0.717) is 6.10 Å². The van der Waals surface area contributed by atoms with Crippen LogP contribution in [-0.2, 0) is 4.74 Å². The van der Waals surface area contributed by atoms with Crippen LogP contribution < -0.4 is 0 Å². The van der Waals surface area contributed by atoms with Gasteiger partial charge in [0.05, 0.1) is 6.10 Å². The molecule has 1 atom stereocenters. The Kier molecular flexibility index (Phi) is 8.52. The molecule has 0 aromatic rings. The molecule has 3 heteroatoms. The summed E-state index contributed by atoms with van der Waals surface area (Å²) in [6.45, 7) is 3.47. The zero-order chi connectivity index (χ0) is 11.6. The first-order valence-electron chi connectivity index (χ1n) is 6.69. The molecular formula is C13H26BrNO. The molecule has 0 saturated carbocycles. The van der Waals surface area contributed by atoms with Gasteiger partial charge in [-0.25, -0.2) is 0 Å². The molecule has 0 amide bonds. The van der Waals surface area contributed by atoms with Gasteiger partial charge in [0.25, 0.3) is 0 Å². The summed E-state index contributed by atoms with van der Waals surface area (Å²) in [5, 5.41) is 1.15. The van der Waals surface area contributed by atoms with Crippen molar-refractivity contribution in [1.82, 2.24) is 4.90 Å². The second-order valence-corrected chi connectivity index (χ2v) is 5.62. The van der Waals surface area contributed by atoms with E-state index in [0.717, 1.165) is 11.9 Å². The molecular weight excluding hydrogens is 266 g/mol.